The lowest BCUT2D eigenvalue weighted by Crippen LogP contribution is -2.06. The Balaban J connectivity index is 1.83. The van der Waals surface area contributed by atoms with E-state index in [-0.39, 0.29) is 27.9 Å². The Bertz CT molecular complexity index is 1040. The first kappa shape index (κ1) is 20.2. The van der Waals surface area contributed by atoms with Crippen molar-refractivity contribution in [3.05, 3.63) is 80.0 Å². The van der Waals surface area contributed by atoms with E-state index < -0.39 is 16.9 Å². The van der Waals surface area contributed by atoms with Crippen LogP contribution in [-0.4, -0.2) is 29.4 Å². The van der Waals surface area contributed by atoms with Crippen LogP contribution in [0, 0.1) is 10.1 Å². The van der Waals surface area contributed by atoms with Crippen LogP contribution in [0.4, 0.5) is 5.69 Å². The van der Waals surface area contributed by atoms with E-state index in [2.05, 4.69) is 4.99 Å². The molecule has 0 aliphatic carbocycles. The number of nitrogens with zero attached hydrogens (tertiary/aromatic N) is 2. The molecule has 148 valence electrons. The number of cyclic esters (lactones) is 1. The molecule has 0 saturated carbocycles. The van der Waals surface area contributed by atoms with Crippen LogP contribution in [0.3, 0.4) is 0 Å². The molecule has 0 bridgehead atoms. The number of ether oxygens (including phenoxy) is 2. The second-order valence-corrected chi connectivity index (χ2v) is 6.42. The summed E-state index contributed by atoms with van der Waals surface area (Å²) in [6.45, 7) is 2.25. The Kier molecular flexibility index (Phi) is 6.04. The molecule has 2 aromatic rings. The Morgan fingerprint density at radius 2 is 2.00 bits per heavy atom. The molecule has 9 heteroatoms. The molecule has 0 amide bonds. The number of halogens is 1. The molecule has 1 aliphatic heterocycles. The van der Waals surface area contributed by atoms with Gasteiger partial charge in [0.1, 0.15) is 5.02 Å². The summed E-state index contributed by atoms with van der Waals surface area (Å²) in [4.78, 5) is 38.4. The number of nitro groups is 1. The average molecular weight is 415 g/mol. The summed E-state index contributed by atoms with van der Waals surface area (Å²) in [5, 5.41) is 11.0. The van der Waals surface area contributed by atoms with E-state index in [0.717, 1.165) is 6.42 Å². The SMILES string of the molecule is CCCOC(=O)c1ccc(/C=C2\N=C(c3ccc(Cl)c([N+](=O)[O-])c3)OC2=O)cc1. The number of hydrogen-bond acceptors (Lipinski definition) is 7. The number of nitro benzene ring substituents is 1. The fourth-order valence-electron chi connectivity index (χ4n) is 2.47. The van der Waals surface area contributed by atoms with E-state index in [0.29, 0.717) is 17.7 Å². The minimum absolute atomic E-state index is 0.0268. The van der Waals surface area contributed by atoms with Crippen LogP contribution in [0.5, 0.6) is 0 Å². The fourth-order valence-corrected chi connectivity index (χ4v) is 2.66. The van der Waals surface area contributed by atoms with Gasteiger partial charge in [0, 0.05) is 11.6 Å². The van der Waals surface area contributed by atoms with Gasteiger partial charge >= 0.3 is 11.9 Å². The summed E-state index contributed by atoms with van der Waals surface area (Å²) >= 11 is 5.79. The molecular weight excluding hydrogens is 400 g/mol. The van der Waals surface area contributed by atoms with E-state index in [1.807, 2.05) is 6.92 Å². The van der Waals surface area contributed by atoms with Crippen molar-refractivity contribution in [3.8, 4) is 0 Å². The zero-order chi connectivity index (χ0) is 21.0. The fraction of sp³-hybridized carbons (Fsp3) is 0.150. The van der Waals surface area contributed by atoms with E-state index in [4.69, 9.17) is 21.1 Å². The van der Waals surface area contributed by atoms with Crippen molar-refractivity contribution in [2.24, 2.45) is 4.99 Å². The molecule has 3 rings (SSSR count). The van der Waals surface area contributed by atoms with Gasteiger partial charge in [-0.3, -0.25) is 10.1 Å². The lowest BCUT2D eigenvalue weighted by Gasteiger charge is -2.03. The molecule has 0 unspecified atom stereocenters. The van der Waals surface area contributed by atoms with Gasteiger partial charge in [-0.1, -0.05) is 30.7 Å². The zero-order valence-corrected chi connectivity index (χ0v) is 16.0. The van der Waals surface area contributed by atoms with Crippen LogP contribution in [0.1, 0.15) is 34.8 Å². The molecule has 0 aromatic heterocycles. The molecule has 2 aromatic carbocycles. The Hall–Kier alpha value is -3.52. The first-order valence-electron chi connectivity index (χ1n) is 8.63. The third kappa shape index (κ3) is 4.67. The third-order valence-electron chi connectivity index (χ3n) is 3.90. The standard InChI is InChI=1S/C20H15ClN2O6/c1-2-9-28-19(24)13-5-3-12(4-6-13)10-16-20(25)29-18(22-16)14-7-8-15(21)17(11-14)23(26)27/h3-8,10-11H,2,9H2,1H3/b16-10-. The average Bonchev–Trinajstić information content (AvgIpc) is 3.07. The van der Waals surface area contributed by atoms with Gasteiger partial charge < -0.3 is 9.47 Å². The molecule has 0 spiro atoms. The molecule has 0 radical (unpaired) electrons. The first-order valence-corrected chi connectivity index (χ1v) is 9.01. The maximum atomic E-state index is 12.1. The maximum Gasteiger partial charge on any atom is 0.363 e. The molecule has 0 saturated heterocycles. The predicted octanol–water partition coefficient (Wildman–Crippen LogP) is 4.16. The maximum absolute atomic E-state index is 12.1. The van der Waals surface area contributed by atoms with Gasteiger partial charge in [-0.15, -0.1) is 0 Å². The van der Waals surface area contributed by atoms with E-state index >= 15 is 0 Å². The summed E-state index contributed by atoms with van der Waals surface area (Å²) in [7, 11) is 0. The van der Waals surface area contributed by atoms with Gasteiger partial charge in [-0.05, 0) is 42.3 Å². The Morgan fingerprint density at radius 3 is 2.66 bits per heavy atom. The highest BCUT2D eigenvalue weighted by Gasteiger charge is 2.26. The quantitative estimate of drug-likeness (QED) is 0.304. The van der Waals surface area contributed by atoms with E-state index in [1.54, 1.807) is 24.3 Å². The van der Waals surface area contributed by atoms with Crippen molar-refractivity contribution in [2.45, 2.75) is 13.3 Å². The molecule has 29 heavy (non-hydrogen) atoms. The van der Waals surface area contributed by atoms with Crippen LogP contribution < -0.4 is 0 Å². The van der Waals surface area contributed by atoms with Crippen molar-refractivity contribution in [2.75, 3.05) is 6.61 Å². The van der Waals surface area contributed by atoms with Gasteiger partial charge in [0.15, 0.2) is 5.70 Å². The summed E-state index contributed by atoms with van der Waals surface area (Å²) in [5.41, 5.74) is 0.986. The number of aliphatic imine (C=N–C) groups is 1. The molecular formula is C20H15ClN2O6. The topological polar surface area (TPSA) is 108 Å². The van der Waals surface area contributed by atoms with Crippen molar-refractivity contribution in [1.29, 1.82) is 0 Å². The van der Waals surface area contributed by atoms with Crippen molar-refractivity contribution >= 4 is 41.2 Å². The molecule has 8 nitrogen and oxygen atoms in total. The molecule has 1 aliphatic rings. The highest BCUT2D eigenvalue weighted by Crippen LogP contribution is 2.27. The molecule has 0 atom stereocenters. The minimum atomic E-state index is -0.691. The normalized spacial score (nSPS) is 14.5. The summed E-state index contributed by atoms with van der Waals surface area (Å²) in [6, 6.07) is 10.4. The van der Waals surface area contributed by atoms with Crippen LogP contribution in [0.25, 0.3) is 6.08 Å². The Morgan fingerprint density at radius 1 is 1.28 bits per heavy atom. The number of carbonyl (C=O) groups is 2. The van der Waals surface area contributed by atoms with Crippen molar-refractivity contribution in [1.82, 2.24) is 0 Å². The van der Waals surface area contributed by atoms with Crippen LogP contribution >= 0.6 is 11.6 Å². The number of rotatable bonds is 6. The number of hydrogen-bond donors (Lipinski definition) is 0. The lowest BCUT2D eigenvalue weighted by molar-refractivity contribution is -0.384. The molecule has 0 N–H and O–H groups in total. The second kappa shape index (κ2) is 8.66. The van der Waals surface area contributed by atoms with Crippen LogP contribution in [0.2, 0.25) is 5.02 Å². The third-order valence-corrected chi connectivity index (χ3v) is 4.22. The molecule has 0 fully saturated rings. The smallest absolute Gasteiger partial charge is 0.363 e. The second-order valence-electron chi connectivity index (χ2n) is 6.02. The first-order chi connectivity index (χ1) is 13.9. The largest absolute Gasteiger partial charge is 0.462 e. The van der Waals surface area contributed by atoms with Gasteiger partial charge in [-0.2, -0.15) is 0 Å². The van der Waals surface area contributed by atoms with Gasteiger partial charge in [-0.25, -0.2) is 14.6 Å². The summed E-state index contributed by atoms with van der Waals surface area (Å²) in [6.07, 6.45) is 2.22. The summed E-state index contributed by atoms with van der Waals surface area (Å²) in [5.74, 6) is -1.17. The minimum Gasteiger partial charge on any atom is -0.462 e. The lowest BCUT2D eigenvalue weighted by atomic mass is 10.1. The zero-order valence-electron chi connectivity index (χ0n) is 15.3. The van der Waals surface area contributed by atoms with Crippen molar-refractivity contribution < 1.29 is 24.0 Å². The highest BCUT2D eigenvalue weighted by atomic mass is 35.5. The Labute approximate surface area is 170 Å². The predicted molar refractivity (Wildman–Crippen MR) is 106 cm³/mol. The monoisotopic (exact) mass is 414 g/mol. The van der Waals surface area contributed by atoms with E-state index in [9.17, 15) is 19.7 Å². The van der Waals surface area contributed by atoms with Gasteiger partial charge in [0.2, 0.25) is 5.90 Å². The number of esters is 2. The van der Waals surface area contributed by atoms with E-state index in [1.165, 1.54) is 24.3 Å². The van der Waals surface area contributed by atoms with Crippen molar-refractivity contribution in [3.63, 3.8) is 0 Å². The highest BCUT2D eigenvalue weighted by molar-refractivity contribution is 6.32. The van der Waals surface area contributed by atoms with Gasteiger partial charge in [0.05, 0.1) is 17.1 Å². The van der Waals surface area contributed by atoms with Crippen LogP contribution in [0.15, 0.2) is 53.2 Å². The number of benzene rings is 2. The molecule has 1 heterocycles. The van der Waals surface area contributed by atoms with Gasteiger partial charge in [0.25, 0.3) is 5.69 Å². The summed E-state index contributed by atoms with van der Waals surface area (Å²) < 4.78 is 10.2. The number of carbonyl (C=O) groups excluding carboxylic acids is 2. The van der Waals surface area contributed by atoms with Crippen LogP contribution in [-0.2, 0) is 14.3 Å².